The third-order valence-corrected chi connectivity index (χ3v) is 3.19. The van der Waals surface area contributed by atoms with Crippen LogP contribution in [0.3, 0.4) is 0 Å². The molecule has 2 rings (SSSR count). The topological polar surface area (TPSA) is 44.3 Å². The van der Waals surface area contributed by atoms with Gasteiger partial charge in [-0.1, -0.05) is 0 Å². The molecule has 0 saturated carbocycles. The van der Waals surface area contributed by atoms with E-state index in [1.165, 1.54) is 0 Å². The number of nitrogens with zero attached hydrogens (tertiary/aromatic N) is 4. The molecule has 16 heavy (non-hydrogen) atoms. The number of rotatable bonds is 2. The quantitative estimate of drug-likeness (QED) is 0.794. The summed E-state index contributed by atoms with van der Waals surface area (Å²) in [6.45, 7) is 5.38. The lowest BCUT2D eigenvalue weighted by molar-refractivity contribution is 0.233. The van der Waals surface area contributed by atoms with Crippen LogP contribution < -0.4 is 10.2 Å². The summed E-state index contributed by atoms with van der Waals surface area (Å²) in [5.74, 6) is 1.89. The zero-order chi connectivity index (χ0) is 11.5. The predicted molar refractivity (Wildman–Crippen MR) is 65.9 cm³/mol. The van der Waals surface area contributed by atoms with Crippen LogP contribution in [-0.2, 0) is 0 Å². The van der Waals surface area contributed by atoms with Crippen molar-refractivity contribution in [3.8, 4) is 0 Å². The van der Waals surface area contributed by atoms with Gasteiger partial charge < -0.3 is 15.1 Å². The molecule has 2 heterocycles. The smallest absolute Gasteiger partial charge is 0.134 e. The Morgan fingerprint density at radius 1 is 1.38 bits per heavy atom. The summed E-state index contributed by atoms with van der Waals surface area (Å²) in [5.41, 5.74) is 0. The van der Waals surface area contributed by atoms with Gasteiger partial charge in [0.1, 0.15) is 18.0 Å². The molecule has 0 radical (unpaired) electrons. The van der Waals surface area contributed by atoms with Crippen molar-refractivity contribution in [3.05, 3.63) is 12.4 Å². The van der Waals surface area contributed by atoms with Crippen LogP contribution in [0.15, 0.2) is 12.4 Å². The molecule has 0 aliphatic carbocycles. The molecule has 1 aromatic heterocycles. The summed E-state index contributed by atoms with van der Waals surface area (Å²) in [5, 5.41) is 3.04. The molecule has 1 saturated heterocycles. The summed E-state index contributed by atoms with van der Waals surface area (Å²) in [4.78, 5) is 13.1. The monoisotopic (exact) mass is 221 g/mol. The highest BCUT2D eigenvalue weighted by Gasteiger charge is 2.21. The SMILES string of the molecule is CNc1cc(N2CCN(C)C(C)C2)ncn1. The zero-order valence-corrected chi connectivity index (χ0v) is 10.1. The number of hydrogen-bond acceptors (Lipinski definition) is 5. The maximum Gasteiger partial charge on any atom is 0.134 e. The van der Waals surface area contributed by atoms with Crippen molar-refractivity contribution in [3.63, 3.8) is 0 Å². The van der Waals surface area contributed by atoms with E-state index in [0.717, 1.165) is 31.3 Å². The third kappa shape index (κ3) is 2.24. The Bertz CT molecular complexity index is 354. The van der Waals surface area contributed by atoms with E-state index in [2.05, 4.69) is 39.1 Å². The predicted octanol–water partition coefficient (Wildman–Crippen LogP) is 0.659. The molecular formula is C11H19N5. The highest BCUT2D eigenvalue weighted by molar-refractivity contribution is 5.48. The molecule has 1 N–H and O–H groups in total. The highest BCUT2D eigenvalue weighted by atomic mass is 15.3. The van der Waals surface area contributed by atoms with Gasteiger partial charge >= 0.3 is 0 Å². The first-order chi connectivity index (χ1) is 7.70. The summed E-state index contributed by atoms with van der Waals surface area (Å²) < 4.78 is 0. The lowest BCUT2D eigenvalue weighted by Crippen LogP contribution is -2.50. The normalized spacial score (nSPS) is 22.2. The van der Waals surface area contributed by atoms with Gasteiger partial charge in [-0.3, -0.25) is 0 Å². The van der Waals surface area contributed by atoms with E-state index < -0.39 is 0 Å². The van der Waals surface area contributed by atoms with Gasteiger partial charge in [0.15, 0.2) is 0 Å². The van der Waals surface area contributed by atoms with E-state index in [0.29, 0.717) is 6.04 Å². The fraction of sp³-hybridized carbons (Fsp3) is 0.636. The Labute approximate surface area is 96.5 Å². The average Bonchev–Trinajstić information content (AvgIpc) is 2.33. The van der Waals surface area contributed by atoms with Gasteiger partial charge in [-0.25, -0.2) is 9.97 Å². The Morgan fingerprint density at radius 3 is 2.88 bits per heavy atom. The molecule has 0 bridgehead atoms. The minimum Gasteiger partial charge on any atom is -0.373 e. The van der Waals surface area contributed by atoms with Crippen molar-refractivity contribution >= 4 is 11.6 Å². The number of likely N-dealkylation sites (N-methyl/N-ethyl adjacent to an activating group) is 1. The van der Waals surface area contributed by atoms with Crippen molar-refractivity contribution in [2.24, 2.45) is 0 Å². The maximum absolute atomic E-state index is 4.33. The summed E-state index contributed by atoms with van der Waals surface area (Å²) >= 11 is 0. The van der Waals surface area contributed by atoms with E-state index in [9.17, 15) is 0 Å². The first kappa shape index (κ1) is 11.1. The summed E-state index contributed by atoms with van der Waals surface area (Å²) in [6, 6.07) is 2.57. The van der Waals surface area contributed by atoms with Gasteiger partial charge in [0.05, 0.1) is 0 Å². The van der Waals surface area contributed by atoms with Crippen LogP contribution in [0.4, 0.5) is 11.6 Å². The van der Waals surface area contributed by atoms with Crippen LogP contribution in [0.1, 0.15) is 6.92 Å². The Morgan fingerprint density at radius 2 is 2.19 bits per heavy atom. The zero-order valence-electron chi connectivity index (χ0n) is 10.1. The second kappa shape index (κ2) is 4.65. The second-order valence-electron chi connectivity index (χ2n) is 4.29. The standard InChI is InChI=1S/C11H19N5/c1-9-7-16(5-4-15(9)3)11-6-10(12-2)13-8-14-11/h6,8-9H,4-5,7H2,1-3H3,(H,12,13,14). The minimum absolute atomic E-state index is 0.571. The van der Waals surface area contributed by atoms with Crippen molar-refractivity contribution in [2.75, 3.05) is 43.9 Å². The molecular weight excluding hydrogens is 202 g/mol. The lowest BCUT2D eigenvalue weighted by Gasteiger charge is -2.38. The number of aromatic nitrogens is 2. The fourth-order valence-corrected chi connectivity index (χ4v) is 1.91. The molecule has 1 atom stereocenters. The van der Waals surface area contributed by atoms with Crippen LogP contribution >= 0.6 is 0 Å². The summed E-state index contributed by atoms with van der Waals surface area (Å²) in [6.07, 6.45) is 1.62. The number of piperazine rings is 1. The van der Waals surface area contributed by atoms with E-state index in [1.54, 1.807) is 6.33 Å². The Hall–Kier alpha value is -1.36. The first-order valence-corrected chi connectivity index (χ1v) is 5.65. The van der Waals surface area contributed by atoms with Crippen molar-refractivity contribution in [1.29, 1.82) is 0 Å². The third-order valence-electron chi connectivity index (χ3n) is 3.19. The van der Waals surface area contributed by atoms with Crippen molar-refractivity contribution in [2.45, 2.75) is 13.0 Å². The van der Waals surface area contributed by atoms with Gasteiger partial charge in [-0.2, -0.15) is 0 Å². The van der Waals surface area contributed by atoms with E-state index in [1.807, 2.05) is 13.1 Å². The average molecular weight is 221 g/mol. The molecule has 1 aliphatic heterocycles. The van der Waals surface area contributed by atoms with E-state index >= 15 is 0 Å². The van der Waals surface area contributed by atoms with Crippen LogP contribution in [-0.4, -0.2) is 54.6 Å². The molecule has 1 aliphatic rings. The molecule has 1 aromatic rings. The molecule has 1 fully saturated rings. The van der Waals surface area contributed by atoms with Crippen LogP contribution in [0.2, 0.25) is 0 Å². The fourth-order valence-electron chi connectivity index (χ4n) is 1.91. The van der Waals surface area contributed by atoms with Crippen LogP contribution in [0.25, 0.3) is 0 Å². The van der Waals surface area contributed by atoms with Gasteiger partial charge in [0.2, 0.25) is 0 Å². The molecule has 1 unspecified atom stereocenters. The first-order valence-electron chi connectivity index (χ1n) is 5.65. The lowest BCUT2D eigenvalue weighted by atomic mass is 10.2. The largest absolute Gasteiger partial charge is 0.373 e. The number of anilines is 2. The van der Waals surface area contributed by atoms with Crippen molar-refractivity contribution in [1.82, 2.24) is 14.9 Å². The summed E-state index contributed by atoms with van der Waals surface area (Å²) in [7, 11) is 4.04. The molecule has 0 aromatic carbocycles. The van der Waals surface area contributed by atoms with E-state index in [-0.39, 0.29) is 0 Å². The molecule has 0 spiro atoms. The molecule has 0 amide bonds. The van der Waals surface area contributed by atoms with Gasteiger partial charge in [0.25, 0.3) is 0 Å². The van der Waals surface area contributed by atoms with Gasteiger partial charge in [-0.05, 0) is 14.0 Å². The molecule has 88 valence electrons. The Kier molecular flexibility index (Phi) is 3.24. The Balaban J connectivity index is 2.12. The number of hydrogen-bond donors (Lipinski definition) is 1. The maximum atomic E-state index is 4.33. The molecule has 5 heteroatoms. The van der Waals surface area contributed by atoms with Crippen molar-refractivity contribution < 1.29 is 0 Å². The van der Waals surface area contributed by atoms with Crippen LogP contribution in [0.5, 0.6) is 0 Å². The second-order valence-corrected chi connectivity index (χ2v) is 4.29. The van der Waals surface area contributed by atoms with Crippen LogP contribution in [0, 0.1) is 0 Å². The van der Waals surface area contributed by atoms with E-state index in [4.69, 9.17) is 0 Å². The minimum atomic E-state index is 0.571. The van der Waals surface area contributed by atoms with Gasteiger partial charge in [-0.15, -0.1) is 0 Å². The highest BCUT2D eigenvalue weighted by Crippen LogP contribution is 2.17. The molecule has 5 nitrogen and oxygen atoms in total. The van der Waals surface area contributed by atoms with Gasteiger partial charge in [0, 0.05) is 38.8 Å². The number of nitrogens with one attached hydrogen (secondary N) is 1.